The summed E-state index contributed by atoms with van der Waals surface area (Å²) in [4.78, 5) is 0. The lowest BCUT2D eigenvalue weighted by Crippen LogP contribution is -2.19. The Kier molecular flexibility index (Phi) is 5.31. The average molecular weight is 246 g/mol. The zero-order valence-electron chi connectivity index (χ0n) is 4.77. The summed E-state index contributed by atoms with van der Waals surface area (Å²) in [6.07, 6.45) is -0.214. The van der Waals surface area contributed by atoms with Gasteiger partial charge in [-0.25, -0.2) is 0 Å². The molecule has 8 heavy (non-hydrogen) atoms. The lowest BCUT2D eigenvalue weighted by molar-refractivity contribution is 0.153. The molecule has 3 heteroatoms. The van der Waals surface area contributed by atoms with Gasteiger partial charge in [-0.05, 0) is 5.92 Å². The van der Waals surface area contributed by atoms with Crippen molar-refractivity contribution in [3.63, 3.8) is 0 Å². The number of aliphatic hydroxyl groups excluding tert-OH is 1. The van der Waals surface area contributed by atoms with Gasteiger partial charge in [0.15, 0.2) is 0 Å². The fourth-order valence-corrected chi connectivity index (χ4v) is 1.32. The van der Waals surface area contributed by atoms with Gasteiger partial charge in [0.05, 0.1) is 6.10 Å². The quantitative estimate of drug-likeness (QED) is 0.752. The zero-order valence-corrected chi connectivity index (χ0v) is 7.94. The smallest absolute Gasteiger partial charge is 0.0670 e. The second kappa shape index (κ2) is 4.77. The second-order valence-electron chi connectivity index (χ2n) is 1.85. The van der Waals surface area contributed by atoms with Gasteiger partial charge in [-0.15, -0.1) is 0 Å². The van der Waals surface area contributed by atoms with Crippen LogP contribution in [0.3, 0.4) is 0 Å². The normalized spacial score (nSPS) is 18.0. The molecule has 1 N–H and O–H groups in total. The van der Waals surface area contributed by atoms with Gasteiger partial charge in [0.2, 0.25) is 0 Å². The van der Waals surface area contributed by atoms with Gasteiger partial charge in [-0.1, -0.05) is 38.8 Å². The number of aliphatic hydroxyl groups is 1. The van der Waals surface area contributed by atoms with Crippen LogP contribution < -0.4 is 0 Å². The molecular weight excluding hydrogens is 236 g/mol. The molecule has 1 nitrogen and oxygen atoms in total. The van der Waals surface area contributed by atoms with Crippen LogP contribution in [0.1, 0.15) is 6.92 Å². The number of halogens is 2. The third-order valence-corrected chi connectivity index (χ3v) is 2.74. The van der Waals surface area contributed by atoms with Crippen LogP contribution in [0.5, 0.6) is 0 Å². The van der Waals surface area contributed by atoms with Crippen molar-refractivity contribution < 1.29 is 5.11 Å². The SMILES string of the molecule is C[C@H](CBr)[C@@H](O)CBr. The summed E-state index contributed by atoms with van der Waals surface area (Å²) in [6.45, 7) is 2.00. The Hall–Kier alpha value is 0.920. The first kappa shape index (κ1) is 8.92. The van der Waals surface area contributed by atoms with E-state index in [2.05, 4.69) is 31.9 Å². The van der Waals surface area contributed by atoms with Crippen molar-refractivity contribution in [1.29, 1.82) is 0 Å². The highest BCUT2D eigenvalue weighted by Crippen LogP contribution is 2.07. The average Bonchev–Trinajstić information content (AvgIpc) is 1.84. The van der Waals surface area contributed by atoms with E-state index in [9.17, 15) is 0 Å². The Balaban J connectivity index is 3.29. The minimum Gasteiger partial charge on any atom is -0.392 e. The predicted molar refractivity (Wildman–Crippen MR) is 42.8 cm³/mol. The van der Waals surface area contributed by atoms with E-state index in [0.29, 0.717) is 11.2 Å². The summed E-state index contributed by atoms with van der Waals surface area (Å²) in [6, 6.07) is 0. The molecule has 0 aliphatic rings. The van der Waals surface area contributed by atoms with E-state index < -0.39 is 0 Å². The van der Waals surface area contributed by atoms with Crippen molar-refractivity contribution >= 4 is 31.9 Å². The molecule has 0 aromatic carbocycles. The molecule has 0 rings (SSSR count). The lowest BCUT2D eigenvalue weighted by atomic mass is 10.1. The Labute approximate surface area is 66.7 Å². The van der Waals surface area contributed by atoms with Crippen LogP contribution >= 0.6 is 31.9 Å². The fourth-order valence-electron chi connectivity index (χ4n) is 0.255. The molecule has 0 aromatic rings. The van der Waals surface area contributed by atoms with Crippen LogP contribution in [0.2, 0.25) is 0 Å². The van der Waals surface area contributed by atoms with Gasteiger partial charge >= 0.3 is 0 Å². The Bertz CT molecular complexity index is 50.4. The van der Waals surface area contributed by atoms with Gasteiger partial charge in [-0.2, -0.15) is 0 Å². The standard InChI is InChI=1S/C5H10Br2O/c1-4(2-6)5(8)3-7/h4-5,8H,2-3H2,1H3/t4-,5+/m1/s1. The van der Waals surface area contributed by atoms with Gasteiger partial charge < -0.3 is 5.11 Å². The number of hydrogen-bond acceptors (Lipinski definition) is 1. The molecular formula is C5H10Br2O. The second-order valence-corrected chi connectivity index (χ2v) is 3.15. The molecule has 0 unspecified atom stereocenters. The minimum absolute atomic E-state index is 0.214. The van der Waals surface area contributed by atoms with E-state index in [1.807, 2.05) is 6.92 Å². The fraction of sp³-hybridized carbons (Fsp3) is 1.00. The van der Waals surface area contributed by atoms with E-state index in [-0.39, 0.29) is 6.10 Å². The Morgan fingerprint density at radius 3 is 2.00 bits per heavy atom. The molecule has 0 saturated heterocycles. The van der Waals surface area contributed by atoms with E-state index in [1.54, 1.807) is 0 Å². The third kappa shape index (κ3) is 3.05. The maximum atomic E-state index is 9.05. The van der Waals surface area contributed by atoms with Crippen molar-refractivity contribution in [2.24, 2.45) is 5.92 Å². The molecule has 0 bridgehead atoms. The van der Waals surface area contributed by atoms with E-state index in [1.165, 1.54) is 0 Å². The lowest BCUT2D eigenvalue weighted by Gasteiger charge is -2.11. The molecule has 0 spiro atoms. The maximum absolute atomic E-state index is 9.05. The van der Waals surface area contributed by atoms with Crippen LogP contribution in [0.15, 0.2) is 0 Å². The molecule has 50 valence electrons. The molecule has 0 radical (unpaired) electrons. The zero-order chi connectivity index (χ0) is 6.57. The van der Waals surface area contributed by atoms with Gasteiger partial charge in [0.25, 0.3) is 0 Å². The largest absolute Gasteiger partial charge is 0.392 e. The maximum Gasteiger partial charge on any atom is 0.0670 e. The molecule has 0 aliphatic heterocycles. The first-order valence-electron chi connectivity index (χ1n) is 2.52. The van der Waals surface area contributed by atoms with Gasteiger partial charge in [0.1, 0.15) is 0 Å². The number of hydrogen-bond donors (Lipinski definition) is 1. The van der Waals surface area contributed by atoms with E-state index in [0.717, 1.165) is 5.33 Å². The molecule has 0 saturated carbocycles. The highest BCUT2D eigenvalue weighted by molar-refractivity contribution is 9.09. The summed E-state index contributed by atoms with van der Waals surface area (Å²) < 4.78 is 0. The number of rotatable bonds is 3. The van der Waals surface area contributed by atoms with Crippen LogP contribution in [-0.2, 0) is 0 Å². The summed E-state index contributed by atoms with van der Waals surface area (Å²) in [7, 11) is 0. The Morgan fingerprint density at radius 1 is 1.38 bits per heavy atom. The van der Waals surface area contributed by atoms with Gasteiger partial charge in [0, 0.05) is 10.7 Å². The summed E-state index contributed by atoms with van der Waals surface area (Å²) in [5.74, 6) is 0.342. The van der Waals surface area contributed by atoms with Crippen LogP contribution in [0, 0.1) is 5.92 Å². The van der Waals surface area contributed by atoms with Crippen molar-refractivity contribution in [2.75, 3.05) is 10.7 Å². The van der Waals surface area contributed by atoms with Crippen molar-refractivity contribution in [3.8, 4) is 0 Å². The Morgan fingerprint density at radius 2 is 1.88 bits per heavy atom. The topological polar surface area (TPSA) is 20.2 Å². The highest BCUT2D eigenvalue weighted by atomic mass is 79.9. The number of alkyl halides is 2. The monoisotopic (exact) mass is 244 g/mol. The van der Waals surface area contributed by atoms with Crippen molar-refractivity contribution in [2.45, 2.75) is 13.0 Å². The molecule has 0 amide bonds. The van der Waals surface area contributed by atoms with E-state index >= 15 is 0 Å². The van der Waals surface area contributed by atoms with Crippen LogP contribution in [0.25, 0.3) is 0 Å². The van der Waals surface area contributed by atoms with E-state index in [4.69, 9.17) is 5.11 Å². The third-order valence-electron chi connectivity index (χ3n) is 1.06. The molecule has 0 fully saturated rings. The molecule has 0 aliphatic carbocycles. The predicted octanol–water partition coefficient (Wildman–Crippen LogP) is 1.77. The van der Waals surface area contributed by atoms with Crippen LogP contribution in [-0.4, -0.2) is 21.9 Å². The first-order chi connectivity index (χ1) is 3.72. The molecule has 0 aromatic heterocycles. The summed E-state index contributed by atoms with van der Waals surface area (Å²) >= 11 is 6.46. The highest BCUT2D eigenvalue weighted by Gasteiger charge is 2.09. The molecule has 0 heterocycles. The van der Waals surface area contributed by atoms with Crippen molar-refractivity contribution in [1.82, 2.24) is 0 Å². The molecule has 2 atom stereocenters. The first-order valence-corrected chi connectivity index (χ1v) is 4.76. The van der Waals surface area contributed by atoms with Crippen LogP contribution in [0.4, 0.5) is 0 Å². The summed E-state index contributed by atoms with van der Waals surface area (Å²) in [5, 5.41) is 10.6. The minimum atomic E-state index is -0.214. The summed E-state index contributed by atoms with van der Waals surface area (Å²) in [5.41, 5.74) is 0. The van der Waals surface area contributed by atoms with Crippen molar-refractivity contribution in [3.05, 3.63) is 0 Å². The van der Waals surface area contributed by atoms with Gasteiger partial charge in [-0.3, -0.25) is 0 Å².